The lowest BCUT2D eigenvalue weighted by molar-refractivity contribution is -0.132. The summed E-state index contributed by atoms with van der Waals surface area (Å²) >= 11 is 0. The Kier molecular flexibility index (Phi) is 5.82. The summed E-state index contributed by atoms with van der Waals surface area (Å²) in [6.45, 7) is 10.2. The van der Waals surface area contributed by atoms with Crippen molar-refractivity contribution in [3.8, 4) is 0 Å². The molecule has 6 heteroatoms. The third-order valence-electron chi connectivity index (χ3n) is 5.86. The Balaban J connectivity index is 1.43. The van der Waals surface area contributed by atoms with Gasteiger partial charge < -0.3 is 20.4 Å². The summed E-state index contributed by atoms with van der Waals surface area (Å²) in [5.74, 6) is 0.0147. The minimum absolute atomic E-state index is 0.113. The summed E-state index contributed by atoms with van der Waals surface area (Å²) in [5.41, 5.74) is 7.32. The molecule has 1 aromatic rings. The monoisotopic (exact) mass is 362 g/mol. The highest BCUT2D eigenvalue weighted by Gasteiger charge is 2.33. The summed E-state index contributed by atoms with van der Waals surface area (Å²) in [6.07, 6.45) is 1.57. The van der Waals surface area contributed by atoms with Gasteiger partial charge in [-0.2, -0.15) is 0 Å². The number of hydrogen-bond acceptors (Lipinski definition) is 4. The molecule has 2 N–H and O–H groups in total. The van der Waals surface area contributed by atoms with Crippen LogP contribution < -0.4 is 10.6 Å². The van der Waals surface area contributed by atoms with Gasteiger partial charge in [-0.3, -0.25) is 4.79 Å². The summed E-state index contributed by atoms with van der Waals surface area (Å²) in [4.78, 5) is 19.1. The molecule has 2 saturated heterocycles. The molecule has 1 atom stereocenters. The van der Waals surface area contributed by atoms with Crippen LogP contribution in [0.2, 0.25) is 0 Å². The van der Waals surface area contributed by atoms with E-state index < -0.39 is 0 Å². The van der Waals surface area contributed by atoms with E-state index in [0.717, 1.165) is 57.9 Å². The molecular formula is C20H31FN4O. The van der Waals surface area contributed by atoms with Crippen LogP contribution in [0.15, 0.2) is 24.3 Å². The van der Waals surface area contributed by atoms with Crippen LogP contribution in [0.25, 0.3) is 0 Å². The zero-order valence-corrected chi connectivity index (χ0v) is 16.0. The number of carbonyl (C=O) groups excluding carboxylic acids is 1. The highest BCUT2D eigenvalue weighted by molar-refractivity contribution is 5.76. The van der Waals surface area contributed by atoms with Gasteiger partial charge in [0.25, 0.3) is 0 Å². The Bertz CT molecular complexity index is 611. The van der Waals surface area contributed by atoms with Crippen LogP contribution in [0, 0.1) is 11.2 Å². The second-order valence-corrected chi connectivity index (χ2v) is 8.25. The van der Waals surface area contributed by atoms with Crippen molar-refractivity contribution in [3.63, 3.8) is 0 Å². The van der Waals surface area contributed by atoms with Crippen molar-refractivity contribution >= 4 is 11.6 Å². The molecular weight excluding hydrogens is 331 g/mol. The van der Waals surface area contributed by atoms with Crippen molar-refractivity contribution in [2.45, 2.75) is 32.7 Å². The normalized spacial score (nSPS) is 23.9. The van der Waals surface area contributed by atoms with Gasteiger partial charge in [0, 0.05) is 57.4 Å². The third-order valence-corrected chi connectivity index (χ3v) is 5.86. The molecule has 2 aliphatic heterocycles. The summed E-state index contributed by atoms with van der Waals surface area (Å²) in [7, 11) is 0. The summed E-state index contributed by atoms with van der Waals surface area (Å²) in [5, 5.41) is 0. The van der Waals surface area contributed by atoms with Crippen molar-refractivity contribution < 1.29 is 9.18 Å². The average Bonchev–Trinajstić information content (AvgIpc) is 2.63. The number of carbonyl (C=O) groups is 1. The molecule has 1 amide bonds. The lowest BCUT2D eigenvalue weighted by atomic mass is 9.79. The lowest BCUT2D eigenvalue weighted by Gasteiger charge is -2.43. The lowest BCUT2D eigenvalue weighted by Crippen LogP contribution is -2.53. The first-order valence-corrected chi connectivity index (χ1v) is 9.61. The minimum Gasteiger partial charge on any atom is -0.368 e. The van der Waals surface area contributed by atoms with Crippen LogP contribution >= 0.6 is 0 Å². The fourth-order valence-electron chi connectivity index (χ4n) is 3.95. The molecule has 3 rings (SSSR count). The second kappa shape index (κ2) is 7.92. The number of piperazine rings is 1. The van der Waals surface area contributed by atoms with Crippen LogP contribution in [0.5, 0.6) is 0 Å². The second-order valence-electron chi connectivity index (χ2n) is 8.25. The van der Waals surface area contributed by atoms with Gasteiger partial charge in [0.2, 0.25) is 5.91 Å². The highest BCUT2D eigenvalue weighted by Crippen LogP contribution is 2.27. The molecule has 2 aliphatic rings. The Morgan fingerprint density at radius 3 is 2.42 bits per heavy atom. The predicted molar refractivity (Wildman–Crippen MR) is 103 cm³/mol. The van der Waals surface area contributed by atoms with E-state index in [1.165, 1.54) is 12.1 Å². The molecule has 0 radical (unpaired) electrons. The van der Waals surface area contributed by atoms with Crippen molar-refractivity contribution in [1.82, 2.24) is 9.80 Å². The highest BCUT2D eigenvalue weighted by atomic mass is 19.1. The molecule has 0 spiro atoms. The smallest absolute Gasteiger partial charge is 0.223 e. The number of anilines is 1. The van der Waals surface area contributed by atoms with Crippen LogP contribution in [0.1, 0.15) is 26.7 Å². The standard InChI is InChI=1S/C20H31FN4O/c1-20(2)15-23(9-7-18(20)22)10-8-19(26)25-13-11-24(12-14-25)17-5-3-16(21)4-6-17/h3-6,18H,7-15,22H2,1-2H3. The van der Waals surface area contributed by atoms with Gasteiger partial charge in [0.05, 0.1) is 0 Å². The first-order chi connectivity index (χ1) is 12.3. The Morgan fingerprint density at radius 2 is 1.81 bits per heavy atom. The molecule has 144 valence electrons. The number of hydrogen-bond donors (Lipinski definition) is 1. The molecule has 26 heavy (non-hydrogen) atoms. The predicted octanol–water partition coefficient (Wildman–Crippen LogP) is 1.92. The van der Waals surface area contributed by atoms with Crippen molar-refractivity contribution in [2.75, 3.05) is 50.7 Å². The minimum atomic E-state index is -0.218. The van der Waals surface area contributed by atoms with E-state index in [1.54, 1.807) is 12.1 Å². The number of benzene rings is 1. The van der Waals surface area contributed by atoms with Gasteiger partial charge in [-0.05, 0) is 42.6 Å². The van der Waals surface area contributed by atoms with E-state index in [4.69, 9.17) is 5.73 Å². The van der Waals surface area contributed by atoms with E-state index in [1.807, 2.05) is 4.90 Å². The van der Waals surface area contributed by atoms with E-state index in [0.29, 0.717) is 6.42 Å². The number of nitrogens with zero attached hydrogens (tertiary/aromatic N) is 3. The first-order valence-electron chi connectivity index (χ1n) is 9.61. The van der Waals surface area contributed by atoms with Crippen LogP contribution in [0.4, 0.5) is 10.1 Å². The van der Waals surface area contributed by atoms with Gasteiger partial charge in [-0.15, -0.1) is 0 Å². The van der Waals surface area contributed by atoms with Gasteiger partial charge in [-0.1, -0.05) is 13.8 Å². The van der Waals surface area contributed by atoms with E-state index >= 15 is 0 Å². The molecule has 0 aromatic heterocycles. The Labute approximate surface area is 155 Å². The topological polar surface area (TPSA) is 52.8 Å². The average molecular weight is 362 g/mol. The van der Waals surface area contributed by atoms with Gasteiger partial charge >= 0.3 is 0 Å². The maximum absolute atomic E-state index is 13.0. The molecule has 0 aliphatic carbocycles. The fourth-order valence-corrected chi connectivity index (χ4v) is 3.95. The van der Waals surface area contributed by atoms with Gasteiger partial charge in [0.15, 0.2) is 0 Å². The molecule has 0 saturated carbocycles. The summed E-state index contributed by atoms with van der Waals surface area (Å²) < 4.78 is 13.0. The van der Waals surface area contributed by atoms with Gasteiger partial charge in [-0.25, -0.2) is 4.39 Å². The quantitative estimate of drug-likeness (QED) is 0.889. The Hall–Kier alpha value is -1.66. The van der Waals surface area contributed by atoms with E-state index in [-0.39, 0.29) is 23.2 Å². The van der Waals surface area contributed by atoms with Crippen LogP contribution in [0.3, 0.4) is 0 Å². The Morgan fingerprint density at radius 1 is 1.15 bits per heavy atom. The fraction of sp³-hybridized carbons (Fsp3) is 0.650. The number of amides is 1. The van der Waals surface area contributed by atoms with Crippen LogP contribution in [-0.4, -0.2) is 67.6 Å². The number of halogens is 1. The molecule has 2 fully saturated rings. The first kappa shape index (κ1) is 19.1. The zero-order chi connectivity index (χ0) is 18.7. The molecule has 2 heterocycles. The van der Waals surface area contributed by atoms with Crippen molar-refractivity contribution in [1.29, 1.82) is 0 Å². The maximum Gasteiger partial charge on any atom is 0.223 e. The molecule has 0 bridgehead atoms. The van der Waals surface area contributed by atoms with Crippen molar-refractivity contribution in [3.05, 3.63) is 30.1 Å². The number of nitrogens with two attached hydrogens (primary N) is 1. The van der Waals surface area contributed by atoms with E-state index in [2.05, 4.69) is 23.6 Å². The van der Waals surface area contributed by atoms with Crippen LogP contribution in [-0.2, 0) is 4.79 Å². The van der Waals surface area contributed by atoms with Crippen molar-refractivity contribution in [2.24, 2.45) is 11.1 Å². The largest absolute Gasteiger partial charge is 0.368 e. The number of likely N-dealkylation sites (tertiary alicyclic amines) is 1. The number of piperidine rings is 1. The van der Waals surface area contributed by atoms with Gasteiger partial charge in [0.1, 0.15) is 5.82 Å². The molecule has 1 unspecified atom stereocenters. The molecule has 5 nitrogen and oxygen atoms in total. The maximum atomic E-state index is 13.0. The molecule has 1 aromatic carbocycles. The summed E-state index contributed by atoms with van der Waals surface area (Å²) in [6, 6.07) is 6.82. The zero-order valence-electron chi connectivity index (χ0n) is 16.0. The third kappa shape index (κ3) is 4.54. The number of rotatable bonds is 4. The SMILES string of the molecule is CC1(C)CN(CCC(=O)N2CCN(c3ccc(F)cc3)CC2)CCC1N. The van der Waals surface area contributed by atoms with E-state index in [9.17, 15) is 9.18 Å².